The van der Waals surface area contributed by atoms with Crippen molar-refractivity contribution >= 4 is 11.8 Å². The van der Waals surface area contributed by atoms with Crippen molar-refractivity contribution in [2.75, 3.05) is 0 Å². The van der Waals surface area contributed by atoms with Crippen molar-refractivity contribution in [2.24, 2.45) is 17.1 Å². The van der Waals surface area contributed by atoms with Crippen LogP contribution in [0.15, 0.2) is 0 Å². The van der Waals surface area contributed by atoms with Gasteiger partial charge >= 0.3 is 0 Å². The quantitative estimate of drug-likeness (QED) is 0.880. The topological polar surface area (TPSA) is 94.1 Å². The van der Waals surface area contributed by atoms with Crippen LogP contribution in [-0.4, -0.2) is 37.5 Å². The Hall–Kier alpha value is -1.92. The summed E-state index contributed by atoms with van der Waals surface area (Å²) in [5.74, 6) is 1.03. The molecule has 1 saturated carbocycles. The van der Waals surface area contributed by atoms with Crippen LogP contribution in [0.3, 0.4) is 0 Å². The first kappa shape index (κ1) is 16.0. The van der Waals surface area contributed by atoms with Gasteiger partial charge in [0.1, 0.15) is 11.9 Å². The fourth-order valence-corrected chi connectivity index (χ4v) is 3.67. The SMILES string of the molecule is Cc1nnc2n1CC(C(N)=O)N(C(=O)C1CCC(C)(C)CC1)C2. The highest BCUT2D eigenvalue weighted by atomic mass is 16.2. The van der Waals surface area contributed by atoms with Crippen LogP contribution in [-0.2, 0) is 22.7 Å². The van der Waals surface area contributed by atoms with Gasteiger partial charge in [-0.25, -0.2) is 0 Å². The highest BCUT2D eigenvalue weighted by molar-refractivity contribution is 5.87. The molecule has 3 rings (SSSR count). The third-order valence-electron chi connectivity index (χ3n) is 5.36. The van der Waals surface area contributed by atoms with Gasteiger partial charge in [0, 0.05) is 5.92 Å². The molecule has 2 heterocycles. The molecule has 23 heavy (non-hydrogen) atoms. The molecule has 7 heteroatoms. The molecule has 1 aliphatic heterocycles. The van der Waals surface area contributed by atoms with E-state index in [1.165, 1.54) is 0 Å². The van der Waals surface area contributed by atoms with Crippen molar-refractivity contribution in [1.29, 1.82) is 0 Å². The molecule has 0 spiro atoms. The van der Waals surface area contributed by atoms with E-state index in [1.54, 1.807) is 4.90 Å². The second-order valence-electron chi connectivity index (χ2n) is 7.60. The summed E-state index contributed by atoms with van der Waals surface area (Å²) in [6.07, 6.45) is 3.82. The number of nitrogens with two attached hydrogens (primary N) is 1. The molecular formula is C16H25N5O2. The van der Waals surface area contributed by atoms with Gasteiger partial charge in [0.15, 0.2) is 5.82 Å². The molecule has 1 fully saturated rings. The molecular weight excluding hydrogens is 294 g/mol. The zero-order chi connectivity index (χ0) is 16.8. The maximum absolute atomic E-state index is 13.0. The van der Waals surface area contributed by atoms with Crippen LogP contribution in [0.5, 0.6) is 0 Å². The number of primary amides is 1. The van der Waals surface area contributed by atoms with Crippen LogP contribution in [0.25, 0.3) is 0 Å². The molecule has 0 saturated heterocycles. The van der Waals surface area contributed by atoms with Gasteiger partial charge in [0.2, 0.25) is 11.8 Å². The van der Waals surface area contributed by atoms with E-state index in [0.29, 0.717) is 18.5 Å². The van der Waals surface area contributed by atoms with Crippen molar-refractivity contribution in [2.45, 2.75) is 65.6 Å². The molecule has 1 aromatic heterocycles. The van der Waals surface area contributed by atoms with Crippen molar-refractivity contribution < 1.29 is 9.59 Å². The Balaban J connectivity index is 1.80. The number of amides is 2. The van der Waals surface area contributed by atoms with Crippen molar-refractivity contribution in [3.8, 4) is 0 Å². The van der Waals surface area contributed by atoms with E-state index < -0.39 is 11.9 Å². The first-order valence-corrected chi connectivity index (χ1v) is 8.27. The third-order valence-corrected chi connectivity index (χ3v) is 5.36. The number of hydrogen-bond donors (Lipinski definition) is 1. The zero-order valence-electron chi connectivity index (χ0n) is 14.1. The molecule has 2 N–H and O–H groups in total. The lowest BCUT2D eigenvalue weighted by Gasteiger charge is -2.39. The Morgan fingerprint density at radius 1 is 1.22 bits per heavy atom. The maximum atomic E-state index is 13.0. The minimum atomic E-state index is -0.611. The van der Waals surface area contributed by atoms with Gasteiger partial charge < -0.3 is 15.2 Å². The van der Waals surface area contributed by atoms with Gasteiger partial charge in [-0.05, 0) is 38.0 Å². The summed E-state index contributed by atoms with van der Waals surface area (Å²) in [7, 11) is 0. The summed E-state index contributed by atoms with van der Waals surface area (Å²) in [5, 5.41) is 8.16. The van der Waals surface area contributed by atoms with E-state index in [1.807, 2.05) is 11.5 Å². The highest BCUT2D eigenvalue weighted by Crippen LogP contribution is 2.39. The standard InChI is InChI=1S/C16H25N5O2/c1-10-18-19-13-9-21(12(14(17)22)8-20(10)13)15(23)11-4-6-16(2,3)7-5-11/h11-12H,4-9H2,1-3H3,(H2,17,22). The van der Waals surface area contributed by atoms with E-state index in [4.69, 9.17) is 5.73 Å². The van der Waals surface area contributed by atoms with E-state index in [2.05, 4.69) is 24.0 Å². The van der Waals surface area contributed by atoms with Gasteiger partial charge in [-0.2, -0.15) is 0 Å². The number of aromatic nitrogens is 3. The Morgan fingerprint density at radius 2 is 1.87 bits per heavy atom. The summed E-state index contributed by atoms with van der Waals surface area (Å²) in [6, 6.07) is -0.611. The second-order valence-corrected chi connectivity index (χ2v) is 7.60. The first-order chi connectivity index (χ1) is 10.8. The van der Waals surface area contributed by atoms with Gasteiger partial charge in [0.05, 0.1) is 13.1 Å². The van der Waals surface area contributed by atoms with Gasteiger partial charge in [0.25, 0.3) is 0 Å². The molecule has 0 radical (unpaired) electrons. The molecule has 1 aromatic rings. The molecule has 2 amide bonds. The predicted octanol–water partition coefficient (Wildman–Crippen LogP) is 0.999. The number of hydrogen-bond acceptors (Lipinski definition) is 4. The fraction of sp³-hybridized carbons (Fsp3) is 0.750. The lowest BCUT2D eigenvalue weighted by atomic mass is 9.72. The summed E-state index contributed by atoms with van der Waals surface area (Å²) in [6.45, 7) is 6.99. The molecule has 0 aromatic carbocycles. The van der Waals surface area contributed by atoms with E-state index in [-0.39, 0.29) is 11.8 Å². The summed E-state index contributed by atoms with van der Waals surface area (Å²) in [5.41, 5.74) is 5.86. The second kappa shape index (κ2) is 5.62. The molecule has 1 unspecified atom stereocenters. The first-order valence-electron chi connectivity index (χ1n) is 8.27. The van der Waals surface area contributed by atoms with Gasteiger partial charge in [-0.15, -0.1) is 10.2 Å². The summed E-state index contributed by atoms with van der Waals surface area (Å²) < 4.78 is 1.88. The molecule has 0 bridgehead atoms. The number of rotatable bonds is 2. The summed E-state index contributed by atoms with van der Waals surface area (Å²) in [4.78, 5) is 26.4. The van der Waals surface area contributed by atoms with Crippen molar-refractivity contribution in [3.05, 3.63) is 11.6 Å². The van der Waals surface area contributed by atoms with E-state index >= 15 is 0 Å². The van der Waals surface area contributed by atoms with E-state index in [9.17, 15) is 9.59 Å². The average Bonchev–Trinajstić information content (AvgIpc) is 2.86. The third kappa shape index (κ3) is 2.96. The maximum Gasteiger partial charge on any atom is 0.242 e. The summed E-state index contributed by atoms with van der Waals surface area (Å²) >= 11 is 0. The highest BCUT2D eigenvalue weighted by Gasteiger charge is 2.39. The lowest BCUT2D eigenvalue weighted by molar-refractivity contribution is -0.146. The number of carbonyl (C=O) groups is 2. The largest absolute Gasteiger partial charge is 0.368 e. The number of nitrogens with zero attached hydrogens (tertiary/aromatic N) is 4. The van der Waals surface area contributed by atoms with Crippen molar-refractivity contribution in [1.82, 2.24) is 19.7 Å². The number of fused-ring (bicyclic) bond motifs is 1. The number of carbonyl (C=O) groups excluding carboxylic acids is 2. The monoisotopic (exact) mass is 319 g/mol. The van der Waals surface area contributed by atoms with Gasteiger partial charge in [-0.1, -0.05) is 13.8 Å². The average molecular weight is 319 g/mol. The Kier molecular flexibility index (Phi) is 3.90. The lowest BCUT2D eigenvalue weighted by Crippen LogP contribution is -2.54. The minimum absolute atomic E-state index is 0.0135. The van der Waals surface area contributed by atoms with Crippen LogP contribution in [0.2, 0.25) is 0 Å². The minimum Gasteiger partial charge on any atom is -0.368 e. The molecule has 1 aliphatic carbocycles. The van der Waals surface area contributed by atoms with Crippen LogP contribution in [0, 0.1) is 18.3 Å². The van der Waals surface area contributed by atoms with E-state index in [0.717, 1.165) is 37.3 Å². The predicted molar refractivity (Wildman–Crippen MR) is 84.0 cm³/mol. The van der Waals surface area contributed by atoms with Crippen molar-refractivity contribution in [3.63, 3.8) is 0 Å². The molecule has 2 aliphatic rings. The number of aryl methyl sites for hydroxylation is 1. The van der Waals surface area contributed by atoms with Crippen LogP contribution in [0.4, 0.5) is 0 Å². The van der Waals surface area contributed by atoms with Crippen LogP contribution < -0.4 is 5.73 Å². The van der Waals surface area contributed by atoms with Crippen LogP contribution >= 0.6 is 0 Å². The Morgan fingerprint density at radius 3 is 2.48 bits per heavy atom. The normalized spacial score (nSPS) is 24.3. The zero-order valence-corrected chi connectivity index (χ0v) is 14.1. The smallest absolute Gasteiger partial charge is 0.242 e. The molecule has 1 atom stereocenters. The Bertz CT molecular complexity index is 626. The Labute approximate surface area is 136 Å². The van der Waals surface area contributed by atoms with Gasteiger partial charge in [-0.3, -0.25) is 9.59 Å². The van der Waals surface area contributed by atoms with Crippen LogP contribution in [0.1, 0.15) is 51.2 Å². The fourth-order valence-electron chi connectivity index (χ4n) is 3.67. The molecule has 126 valence electrons. The molecule has 7 nitrogen and oxygen atoms in total.